The van der Waals surface area contributed by atoms with Crippen LogP contribution >= 0.6 is 23.2 Å². The number of methoxy groups -OCH3 is 2. The van der Waals surface area contributed by atoms with Crippen molar-refractivity contribution in [1.29, 1.82) is 0 Å². The van der Waals surface area contributed by atoms with Crippen LogP contribution in [-0.2, 0) is 11.3 Å². The molecule has 0 spiro atoms. The Hall–Kier alpha value is -2.80. The first kappa shape index (κ1) is 23.4. The lowest BCUT2D eigenvalue weighted by atomic mass is 10.0. The van der Waals surface area contributed by atoms with Gasteiger partial charge in [0.25, 0.3) is 0 Å². The van der Waals surface area contributed by atoms with Gasteiger partial charge in [-0.1, -0.05) is 29.3 Å². The highest BCUT2D eigenvalue weighted by Gasteiger charge is 2.30. The average molecular weight is 486 g/mol. The molecule has 1 amide bonds. The fraction of sp³-hybridized carbons (Fsp3) is 0.280. The lowest BCUT2D eigenvalue weighted by Crippen LogP contribution is -2.47. The number of benzene rings is 2. The molecule has 33 heavy (non-hydrogen) atoms. The molecule has 0 N–H and O–H groups in total. The van der Waals surface area contributed by atoms with Crippen molar-refractivity contribution in [3.05, 3.63) is 75.8 Å². The molecule has 172 valence electrons. The number of ether oxygens (including phenoxy) is 2. The van der Waals surface area contributed by atoms with Gasteiger partial charge < -0.3 is 14.4 Å². The van der Waals surface area contributed by atoms with Crippen LogP contribution in [0.2, 0.25) is 10.0 Å². The minimum absolute atomic E-state index is 0.0780. The Labute approximate surface area is 203 Å². The van der Waals surface area contributed by atoms with Gasteiger partial charge in [0.1, 0.15) is 5.75 Å². The topological polar surface area (TPSA) is 54.9 Å². The van der Waals surface area contributed by atoms with Crippen LogP contribution < -0.4 is 9.47 Å². The number of rotatable bonds is 7. The third-order valence-electron chi connectivity index (χ3n) is 5.87. The summed E-state index contributed by atoms with van der Waals surface area (Å²) < 4.78 is 10.9. The van der Waals surface area contributed by atoms with Crippen LogP contribution in [0.15, 0.2) is 54.6 Å². The summed E-state index contributed by atoms with van der Waals surface area (Å²) in [5, 5.41) is 1.06. The lowest BCUT2D eigenvalue weighted by Gasteiger charge is -2.40. The SMILES string of the molecule is COc1ccc(-c2ccc(C3CN(C=O)CCN3Cc3ccc(Cl)c(Cl)c3)c(OC)n2)cc1. The van der Waals surface area contributed by atoms with Crippen molar-refractivity contribution in [2.75, 3.05) is 33.9 Å². The van der Waals surface area contributed by atoms with Gasteiger partial charge in [0.15, 0.2) is 0 Å². The van der Waals surface area contributed by atoms with Gasteiger partial charge in [-0.15, -0.1) is 0 Å². The van der Waals surface area contributed by atoms with Crippen molar-refractivity contribution in [2.45, 2.75) is 12.6 Å². The van der Waals surface area contributed by atoms with E-state index in [4.69, 9.17) is 37.7 Å². The van der Waals surface area contributed by atoms with Gasteiger partial charge in [-0.25, -0.2) is 4.98 Å². The van der Waals surface area contributed by atoms with Crippen molar-refractivity contribution in [3.8, 4) is 22.9 Å². The molecule has 0 radical (unpaired) electrons. The average Bonchev–Trinajstić information content (AvgIpc) is 2.86. The van der Waals surface area contributed by atoms with Crippen LogP contribution in [0.25, 0.3) is 11.3 Å². The second-order valence-corrected chi connectivity index (χ2v) is 8.67. The molecular formula is C25H25Cl2N3O3. The summed E-state index contributed by atoms with van der Waals surface area (Å²) in [5.41, 5.74) is 3.75. The molecule has 1 aromatic heterocycles. The molecule has 1 fully saturated rings. The van der Waals surface area contributed by atoms with Gasteiger partial charge in [0.2, 0.25) is 12.3 Å². The van der Waals surface area contributed by atoms with Crippen LogP contribution in [0.5, 0.6) is 11.6 Å². The second-order valence-electron chi connectivity index (χ2n) is 7.86. The summed E-state index contributed by atoms with van der Waals surface area (Å²) in [7, 11) is 3.26. The van der Waals surface area contributed by atoms with Crippen molar-refractivity contribution in [1.82, 2.24) is 14.8 Å². The number of aromatic nitrogens is 1. The number of carbonyl (C=O) groups excluding carboxylic acids is 1. The van der Waals surface area contributed by atoms with E-state index in [0.29, 0.717) is 42.1 Å². The quantitative estimate of drug-likeness (QED) is 0.436. The number of halogens is 2. The minimum atomic E-state index is -0.0780. The van der Waals surface area contributed by atoms with Crippen LogP contribution in [0, 0.1) is 0 Å². The maximum atomic E-state index is 11.5. The van der Waals surface area contributed by atoms with E-state index < -0.39 is 0 Å². The highest BCUT2D eigenvalue weighted by atomic mass is 35.5. The van der Waals surface area contributed by atoms with E-state index in [1.54, 1.807) is 19.1 Å². The molecule has 6 nitrogen and oxygen atoms in total. The third kappa shape index (κ3) is 5.24. The molecule has 0 saturated carbocycles. The summed E-state index contributed by atoms with van der Waals surface area (Å²) in [6.07, 6.45) is 0.898. The van der Waals surface area contributed by atoms with E-state index in [9.17, 15) is 4.79 Å². The summed E-state index contributed by atoms with van der Waals surface area (Å²) in [6.45, 7) is 2.58. The molecule has 1 aliphatic heterocycles. The van der Waals surface area contributed by atoms with Crippen molar-refractivity contribution in [2.24, 2.45) is 0 Å². The van der Waals surface area contributed by atoms with E-state index >= 15 is 0 Å². The molecule has 2 aromatic carbocycles. The van der Waals surface area contributed by atoms with Crippen LogP contribution in [0.4, 0.5) is 0 Å². The zero-order valence-electron chi connectivity index (χ0n) is 18.5. The number of amides is 1. The van der Waals surface area contributed by atoms with E-state index in [2.05, 4.69) is 4.90 Å². The Morgan fingerprint density at radius 2 is 1.79 bits per heavy atom. The second kappa shape index (κ2) is 10.4. The van der Waals surface area contributed by atoms with E-state index in [-0.39, 0.29) is 6.04 Å². The monoisotopic (exact) mass is 485 g/mol. The van der Waals surface area contributed by atoms with E-state index in [1.807, 2.05) is 54.6 Å². The van der Waals surface area contributed by atoms with Crippen molar-refractivity contribution in [3.63, 3.8) is 0 Å². The summed E-state index contributed by atoms with van der Waals surface area (Å²) in [5.74, 6) is 1.33. The molecule has 2 heterocycles. The van der Waals surface area contributed by atoms with Crippen molar-refractivity contribution < 1.29 is 14.3 Å². The zero-order chi connectivity index (χ0) is 23.4. The van der Waals surface area contributed by atoms with Crippen LogP contribution in [0.3, 0.4) is 0 Å². The fourth-order valence-corrected chi connectivity index (χ4v) is 4.41. The van der Waals surface area contributed by atoms with Gasteiger partial charge in [-0.05, 0) is 54.1 Å². The zero-order valence-corrected chi connectivity index (χ0v) is 20.0. The van der Waals surface area contributed by atoms with E-state index in [1.165, 1.54) is 0 Å². The molecule has 3 aromatic rings. The number of carbonyl (C=O) groups is 1. The summed E-state index contributed by atoms with van der Waals surface area (Å²) in [6, 6.07) is 17.3. The maximum absolute atomic E-state index is 11.5. The Balaban J connectivity index is 1.65. The maximum Gasteiger partial charge on any atom is 0.218 e. The molecular weight excluding hydrogens is 461 g/mol. The Bertz CT molecular complexity index is 1120. The van der Waals surface area contributed by atoms with E-state index in [0.717, 1.165) is 34.5 Å². The Morgan fingerprint density at radius 1 is 1.00 bits per heavy atom. The van der Waals surface area contributed by atoms with Crippen molar-refractivity contribution >= 4 is 29.6 Å². The number of piperazine rings is 1. The first-order valence-electron chi connectivity index (χ1n) is 10.6. The molecule has 1 unspecified atom stereocenters. The number of nitrogens with zero attached hydrogens (tertiary/aromatic N) is 3. The third-order valence-corrected chi connectivity index (χ3v) is 6.61. The molecule has 1 aliphatic rings. The molecule has 4 rings (SSSR count). The summed E-state index contributed by atoms with van der Waals surface area (Å²) >= 11 is 12.3. The largest absolute Gasteiger partial charge is 0.497 e. The van der Waals surface area contributed by atoms with Gasteiger partial charge in [-0.2, -0.15) is 0 Å². The smallest absolute Gasteiger partial charge is 0.218 e. The van der Waals surface area contributed by atoms with Gasteiger partial charge in [0, 0.05) is 37.3 Å². The number of hydrogen-bond acceptors (Lipinski definition) is 5. The van der Waals surface area contributed by atoms with Gasteiger partial charge >= 0.3 is 0 Å². The molecule has 1 saturated heterocycles. The van der Waals surface area contributed by atoms with Crippen LogP contribution in [-0.4, -0.2) is 55.0 Å². The molecule has 1 atom stereocenters. The first-order valence-corrected chi connectivity index (χ1v) is 11.3. The normalized spacial score (nSPS) is 16.5. The standard InChI is InChI=1S/C25H25Cl2N3O3/c1-32-19-6-4-18(5-7-19)23-10-8-20(25(28-23)33-2)24-15-29(16-31)11-12-30(24)14-17-3-9-21(26)22(27)13-17/h3-10,13,16,24H,11-12,14-15H2,1-2H3. The highest BCUT2D eigenvalue weighted by molar-refractivity contribution is 6.42. The summed E-state index contributed by atoms with van der Waals surface area (Å²) in [4.78, 5) is 20.4. The predicted molar refractivity (Wildman–Crippen MR) is 130 cm³/mol. The minimum Gasteiger partial charge on any atom is -0.497 e. The number of hydrogen-bond donors (Lipinski definition) is 0. The Kier molecular flexibility index (Phi) is 7.38. The van der Waals surface area contributed by atoms with Gasteiger partial charge in [0.05, 0.1) is 36.0 Å². The lowest BCUT2D eigenvalue weighted by molar-refractivity contribution is -0.121. The van der Waals surface area contributed by atoms with Gasteiger partial charge in [-0.3, -0.25) is 9.69 Å². The molecule has 0 bridgehead atoms. The number of pyridine rings is 1. The van der Waals surface area contributed by atoms with Crippen LogP contribution in [0.1, 0.15) is 17.2 Å². The first-order chi connectivity index (χ1) is 16.0. The molecule has 0 aliphatic carbocycles. The Morgan fingerprint density at radius 3 is 2.45 bits per heavy atom. The predicted octanol–water partition coefficient (Wildman–Crippen LogP) is 5.09. The fourth-order valence-electron chi connectivity index (χ4n) is 4.09. The molecule has 8 heteroatoms. The highest BCUT2D eigenvalue weighted by Crippen LogP contribution is 2.34.